The van der Waals surface area contributed by atoms with E-state index >= 15 is 0 Å². The molecule has 0 saturated heterocycles. The minimum absolute atomic E-state index is 0.367. The summed E-state index contributed by atoms with van der Waals surface area (Å²) in [6, 6.07) is 23.7. The molecule has 0 radical (unpaired) electrons. The summed E-state index contributed by atoms with van der Waals surface area (Å²) in [5.74, 6) is 1.78. The van der Waals surface area contributed by atoms with Gasteiger partial charge in [-0.25, -0.2) is 0 Å². The van der Waals surface area contributed by atoms with Crippen molar-refractivity contribution in [3.8, 4) is 11.5 Å². The molecule has 0 fully saturated rings. The van der Waals surface area contributed by atoms with E-state index in [1.54, 1.807) is 0 Å². The Labute approximate surface area is 166 Å². The van der Waals surface area contributed by atoms with Crippen molar-refractivity contribution in [2.75, 3.05) is 5.32 Å². The first-order valence-electron chi connectivity index (χ1n) is 9.75. The van der Waals surface area contributed by atoms with Gasteiger partial charge in [-0.05, 0) is 55.3 Å². The zero-order valence-electron chi connectivity index (χ0n) is 16.4. The number of hydrogen-bond acceptors (Lipinski definition) is 2. The van der Waals surface area contributed by atoms with Crippen LogP contribution in [0.2, 0.25) is 0 Å². The third-order valence-corrected chi connectivity index (χ3v) is 4.78. The summed E-state index contributed by atoms with van der Waals surface area (Å²) in [6.07, 6.45) is 4.90. The second-order valence-corrected chi connectivity index (χ2v) is 7.34. The maximum Gasteiger partial charge on any atom is 0.137 e. The van der Waals surface area contributed by atoms with Crippen LogP contribution in [0.25, 0.3) is 11.6 Å². The van der Waals surface area contributed by atoms with Gasteiger partial charge in [0, 0.05) is 34.2 Å². The first kappa shape index (κ1) is 18.1. The smallest absolute Gasteiger partial charge is 0.137 e. The van der Waals surface area contributed by atoms with E-state index in [0.29, 0.717) is 6.04 Å². The van der Waals surface area contributed by atoms with Gasteiger partial charge in [-0.3, -0.25) is 0 Å². The zero-order chi connectivity index (χ0) is 19.5. The Morgan fingerprint density at radius 3 is 2.54 bits per heavy atom. The van der Waals surface area contributed by atoms with Crippen LogP contribution in [0.5, 0.6) is 11.5 Å². The van der Waals surface area contributed by atoms with Crippen molar-refractivity contribution in [1.82, 2.24) is 0 Å². The van der Waals surface area contributed by atoms with Gasteiger partial charge < -0.3 is 10.1 Å². The molecule has 0 unspecified atom stereocenters. The summed E-state index contributed by atoms with van der Waals surface area (Å²) in [5, 5.41) is 5.73. The highest BCUT2D eigenvalue weighted by molar-refractivity contribution is 5.86. The van der Waals surface area contributed by atoms with Crippen LogP contribution in [0, 0.1) is 0 Å². The van der Waals surface area contributed by atoms with E-state index in [9.17, 15) is 0 Å². The molecule has 2 nitrogen and oxygen atoms in total. The molecule has 1 aliphatic rings. The van der Waals surface area contributed by atoms with Crippen LogP contribution < -0.4 is 20.5 Å². The molecule has 0 amide bonds. The molecular formula is C26H25NO. The summed E-state index contributed by atoms with van der Waals surface area (Å²) >= 11 is 0. The molecule has 1 N–H and O–H groups in total. The van der Waals surface area contributed by atoms with Crippen LogP contribution >= 0.6 is 0 Å². The molecule has 0 saturated carbocycles. The molecule has 140 valence electrons. The van der Waals surface area contributed by atoms with Crippen LogP contribution in [0.3, 0.4) is 0 Å². The van der Waals surface area contributed by atoms with Crippen molar-refractivity contribution in [1.29, 1.82) is 0 Å². The Kier molecular flexibility index (Phi) is 5.03. The molecule has 3 aromatic rings. The monoisotopic (exact) mass is 367 g/mol. The van der Waals surface area contributed by atoms with Gasteiger partial charge in [0.25, 0.3) is 0 Å². The normalized spacial score (nSPS) is 13.0. The van der Waals surface area contributed by atoms with Gasteiger partial charge in [0.2, 0.25) is 0 Å². The van der Waals surface area contributed by atoms with E-state index in [1.165, 1.54) is 11.1 Å². The van der Waals surface area contributed by atoms with Gasteiger partial charge in [-0.1, -0.05) is 48.6 Å². The number of hydrogen-bond donors (Lipinski definition) is 1. The minimum atomic E-state index is 0.367. The average Bonchev–Trinajstić information content (AvgIpc) is 2.70. The number of benzene rings is 3. The lowest BCUT2D eigenvalue weighted by atomic mass is 9.92. The fraction of sp³-hybridized carbons (Fsp3) is 0.154. The molecule has 0 spiro atoms. The molecule has 4 rings (SSSR count). The van der Waals surface area contributed by atoms with Gasteiger partial charge in [0.1, 0.15) is 11.5 Å². The van der Waals surface area contributed by atoms with Crippen molar-refractivity contribution in [3.05, 3.63) is 101 Å². The summed E-state index contributed by atoms with van der Waals surface area (Å²) in [4.78, 5) is 0. The molecule has 0 aromatic heterocycles. The summed E-state index contributed by atoms with van der Waals surface area (Å²) in [5.41, 5.74) is 4.60. The van der Waals surface area contributed by atoms with Crippen molar-refractivity contribution in [2.45, 2.75) is 26.3 Å². The lowest BCUT2D eigenvalue weighted by molar-refractivity contribution is 0.472. The highest BCUT2D eigenvalue weighted by Gasteiger charge is 2.20. The van der Waals surface area contributed by atoms with E-state index < -0.39 is 0 Å². The highest BCUT2D eigenvalue weighted by atomic mass is 16.5. The Hall–Kier alpha value is -3.26. The van der Waals surface area contributed by atoms with Crippen LogP contribution in [-0.4, -0.2) is 6.04 Å². The van der Waals surface area contributed by atoms with Crippen molar-refractivity contribution in [3.63, 3.8) is 0 Å². The number of fused-ring (bicyclic) bond motifs is 2. The maximum absolute atomic E-state index is 6.37. The standard InChI is InChI=1S/C26H25NO/c1-4-5-9-19-12-14-22-24(16-19)28-25-17-21(27-18(2)3)13-15-23(25)26(22)20-10-7-6-8-11-20/h4,6-18,27H,1,5H2,2-3H3/b19-9-. The predicted octanol–water partition coefficient (Wildman–Crippen LogP) is 5.22. The van der Waals surface area contributed by atoms with E-state index in [0.717, 1.165) is 39.6 Å². The highest BCUT2D eigenvalue weighted by Crippen LogP contribution is 2.37. The number of anilines is 1. The largest absolute Gasteiger partial charge is 0.456 e. The second-order valence-electron chi connectivity index (χ2n) is 7.34. The van der Waals surface area contributed by atoms with Crippen LogP contribution in [0.15, 0.2) is 79.4 Å². The first-order chi connectivity index (χ1) is 13.7. The molecule has 1 aliphatic heterocycles. The SMILES string of the molecule is C=CC/C=c1/ccc2c(c1)Oc1cc(NC(C)C)ccc1C=2c1ccccc1. The first-order valence-corrected chi connectivity index (χ1v) is 9.75. The Morgan fingerprint density at radius 1 is 0.964 bits per heavy atom. The molecule has 0 aliphatic carbocycles. The molecule has 0 atom stereocenters. The van der Waals surface area contributed by atoms with Gasteiger partial charge in [-0.2, -0.15) is 0 Å². The molecule has 0 bridgehead atoms. The number of allylic oxidation sites excluding steroid dienone is 1. The fourth-order valence-electron chi connectivity index (χ4n) is 3.59. The van der Waals surface area contributed by atoms with Gasteiger partial charge in [0.05, 0.1) is 0 Å². The molecular weight excluding hydrogens is 342 g/mol. The van der Waals surface area contributed by atoms with Gasteiger partial charge in [0.15, 0.2) is 0 Å². The lowest BCUT2D eigenvalue weighted by Crippen LogP contribution is -2.20. The molecule has 2 heteroatoms. The average molecular weight is 367 g/mol. The maximum atomic E-state index is 6.37. The van der Waals surface area contributed by atoms with E-state index in [-0.39, 0.29) is 0 Å². The van der Waals surface area contributed by atoms with Crippen LogP contribution in [0.4, 0.5) is 5.69 Å². The van der Waals surface area contributed by atoms with Gasteiger partial charge in [-0.15, -0.1) is 6.58 Å². The van der Waals surface area contributed by atoms with E-state index in [1.807, 2.05) is 12.1 Å². The fourth-order valence-corrected chi connectivity index (χ4v) is 3.59. The Bertz CT molecular complexity index is 1130. The summed E-state index contributed by atoms with van der Waals surface area (Å²) < 4.78 is 6.37. The Balaban J connectivity index is 1.95. The molecule has 28 heavy (non-hydrogen) atoms. The van der Waals surface area contributed by atoms with E-state index in [2.05, 4.69) is 92.5 Å². The second kappa shape index (κ2) is 7.77. The van der Waals surface area contributed by atoms with Crippen molar-refractivity contribution >= 4 is 17.3 Å². The minimum Gasteiger partial charge on any atom is -0.456 e. The van der Waals surface area contributed by atoms with Crippen LogP contribution in [-0.2, 0) is 0 Å². The Morgan fingerprint density at radius 2 is 1.79 bits per heavy atom. The lowest BCUT2D eigenvalue weighted by Gasteiger charge is -2.22. The van der Waals surface area contributed by atoms with E-state index in [4.69, 9.17) is 4.74 Å². The summed E-state index contributed by atoms with van der Waals surface area (Å²) in [7, 11) is 0. The number of rotatable bonds is 5. The zero-order valence-corrected chi connectivity index (χ0v) is 16.4. The number of nitrogens with one attached hydrogen (secondary N) is 1. The third kappa shape index (κ3) is 3.59. The van der Waals surface area contributed by atoms with Crippen LogP contribution in [0.1, 0.15) is 31.4 Å². The third-order valence-electron chi connectivity index (χ3n) is 4.78. The predicted molar refractivity (Wildman–Crippen MR) is 118 cm³/mol. The van der Waals surface area contributed by atoms with Crippen molar-refractivity contribution in [2.24, 2.45) is 0 Å². The van der Waals surface area contributed by atoms with Gasteiger partial charge >= 0.3 is 0 Å². The topological polar surface area (TPSA) is 21.3 Å². The number of ether oxygens (including phenoxy) is 1. The van der Waals surface area contributed by atoms with Crippen molar-refractivity contribution < 1.29 is 4.74 Å². The molecule has 1 heterocycles. The molecule has 3 aromatic carbocycles. The quantitative estimate of drug-likeness (QED) is 0.489. The summed E-state index contributed by atoms with van der Waals surface area (Å²) in [6.45, 7) is 8.08.